The summed E-state index contributed by atoms with van der Waals surface area (Å²) in [5.74, 6) is -0.101. The summed E-state index contributed by atoms with van der Waals surface area (Å²) in [7, 11) is 0. The number of benzene rings is 2. The van der Waals surface area contributed by atoms with Gasteiger partial charge in [0.05, 0.1) is 11.3 Å². The fourth-order valence-electron chi connectivity index (χ4n) is 2.30. The molecule has 2 unspecified atom stereocenters. The average molecular weight is 295 g/mol. The number of hydrogen-bond acceptors (Lipinski definition) is 2. The number of nitrogens with zero attached hydrogens (tertiary/aromatic N) is 1. The van der Waals surface area contributed by atoms with Gasteiger partial charge in [0.1, 0.15) is 0 Å². The normalized spacial score (nSPS) is 13.9. The maximum Gasteiger partial charge on any atom is 0.335 e. The maximum atomic E-state index is 10.9. The molecular weight excluding hydrogens is 274 g/mol. The van der Waals surface area contributed by atoms with Crippen molar-refractivity contribution in [3.8, 4) is 0 Å². The summed E-state index contributed by atoms with van der Waals surface area (Å²) in [5, 5.41) is 8.93. The second kappa shape index (κ2) is 7.55. The van der Waals surface area contributed by atoms with Crippen LogP contribution in [0.5, 0.6) is 0 Å². The number of para-hydroxylation sites is 1. The Morgan fingerprint density at radius 3 is 2.32 bits per heavy atom. The molecule has 114 valence electrons. The first-order valence-electron chi connectivity index (χ1n) is 7.48. The molecule has 0 radical (unpaired) electrons. The second-order valence-electron chi connectivity index (χ2n) is 5.58. The van der Waals surface area contributed by atoms with Gasteiger partial charge in [0.15, 0.2) is 0 Å². The van der Waals surface area contributed by atoms with E-state index < -0.39 is 5.97 Å². The smallest absolute Gasteiger partial charge is 0.335 e. The van der Waals surface area contributed by atoms with Gasteiger partial charge >= 0.3 is 5.97 Å². The summed E-state index contributed by atoms with van der Waals surface area (Å²) < 4.78 is 0. The fraction of sp³-hybridized carbons (Fsp3) is 0.263. The second-order valence-corrected chi connectivity index (χ2v) is 5.58. The Morgan fingerprint density at radius 2 is 1.73 bits per heavy atom. The minimum Gasteiger partial charge on any atom is -0.478 e. The Morgan fingerprint density at radius 1 is 1.09 bits per heavy atom. The Balaban J connectivity index is 1.95. The van der Waals surface area contributed by atoms with Crippen LogP contribution in [0.2, 0.25) is 0 Å². The molecule has 0 spiro atoms. The van der Waals surface area contributed by atoms with E-state index >= 15 is 0 Å². The van der Waals surface area contributed by atoms with Crippen molar-refractivity contribution in [1.82, 2.24) is 0 Å². The predicted molar refractivity (Wildman–Crippen MR) is 90.2 cm³/mol. The van der Waals surface area contributed by atoms with Crippen LogP contribution in [-0.4, -0.2) is 17.3 Å². The molecule has 2 aromatic rings. The summed E-state index contributed by atoms with van der Waals surface area (Å²) >= 11 is 0. The van der Waals surface area contributed by atoms with Crippen LogP contribution in [0.4, 0.5) is 5.69 Å². The Kier molecular flexibility index (Phi) is 5.48. The number of carboxylic acids is 1. The van der Waals surface area contributed by atoms with E-state index in [-0.39, 0.29) is 0 Å². The van der Waals surface area contributed by atoms with E-state index in [1.54, 1.807) is 12.1 Å². The lowest BCUT2D eigenvalue weighted by Crippen LogP contribution is -2.07. The lowest BCUT2D eigenvalue weighted by atomic mass is 9.87. The van der Waals surface area contributed by atoms with Gasteiger partial charge in [-0.3, -0.25) is 4.99 Å². The summed E-state index contributed by atoms with van der Waals surface area (Å²) in [6.45, 7) is 4.35. The zero-order chi connectivity index (χ0) is 15.9. The molecule has 2 atom stereocenters. The molecule has 0 heterocycles. The predicted octanol–water partition coefficient (Wildman–Crippen LogP) is 4.92. The van der Waals surface area contributed by atoms with Crippen molar-refractivity contribution in [2.24, 2.45) is 10.9 Å². The third kappa shape index (κ3) is 4.29. The van der Waals surface area contributed by atoms with Crippen molar-refractivity contribution in [2.45, 2.75) is 26.2 Å². The van der Waals surface area contributed by atoms with E-state index in [4.69, 9.17) is 5.11 Å². The lowest BCUT2D eigenvalue weighted by Gasteiger charge is -2.18. The van der Waals surface area contributed by atoms with E-state index in [0.29, 0.717) is 17.4 Å². The molecule has 0 bridgehead atoms. The first-order chi connectivity index (χ1) is 10.6. The van der Waals surface area contributed by atoms with Gasteiger partial charge in [-0.1, -0.05) is 44.2 Å². The highest BCUT2D eigenvalue weighted by atomic mass is 16.4. The quantitative estimate of drug-likeness (QED) is 0.769. The molecule has 2 rings (SSSR count). The van der Waals surface area contributed by atoms with Gasteiger partial charge in [0.25, 0.3) is 0 Å². The van der Waals surface area contributed by atoms with Crippen molar-refractivity contribution in [2.75, 3.05) is 0 Å². The topological polar surface area (TPSA) is 49.7 Å². The van der Waals surface area contributed by atoms with Crippen molar-refractivity contribution in [1.29, 1.82) is 0 Å². The number of aromatic carboxylic acids is 1. The Bertz CT molecular complexity index is 632. The van der Waals surface area contributed by atoms with E-state index in [2.05, 4.69) is 18.8 Å². The summed E-state index contributed by atoms with van der Waals surface area (Å²) in [6.07, 6.45) is 2.85. The first kappa shape index (κ1) is 16.0. The molecular formula is C19H21NO2. The van der Waals surface area contributed by atoms with Crippen LogP contribution in [0.3, 0.4) is 0 Å². The van der Waals surface area contributed by atoms with Gasteiger partial charge < -0.3 is 5.11 Å². The van der Waals surface area contributed by atoms with Crippen molar-refractivity contribution in [3.05, 3.63) is 65.7 Å². The molecule has 0 aliphatic carbocycles. The molecule has 1 N–H and O–H groups in total. The zero-order valence-corrected chi connectivity index (χ0v) is 12.9. The number of carbonyl (C=O) groups is 1. The van der Waals surface area contributed by atoms with E-state index in [0.717, 1.165) is 17.7 Å². The van der Waals surface area contributed by atoms with Gasteiger partial charge in [-0.05, 0) is 48.1 Å². The van der Waals surface area contributed by atoms with Crippen LogP contribution in [0, 0.1) is 5.92 Å². The molecule has 3 heteroatoms. The highest BCUT2D eigenvalue weighted by molar-refractivity contribution is 5.87. The standard InChI is InChI=1S/C19H21NO2/c1-14(12-13-20-18-6-4-3-5-7-18)15(2)16-8-10-17(11-9-16)19(21)22/h3-11,13-15H,12H2,1-2H3,(H,21,22). The van der Waals surface area contributed by atoms with Crippen LogP contribution in [0.15, 0.2) is 59.6 Å². The number of carboxylic acid groups (broad SMARTS) is 1. The molecule has 0 fully saturated rings. The molecule has 0 aliphatic rings. The molecule has 0 aromatic heterocycles. The lowest BCUT2D eigenvalue weighted by molar-refractivity contribution is 0.0697. The van der Waals surface area contributed by atoms with Crippen LogP contribution in [0.1, 0.15) is 42.1 Å². The van der Waals surface area contributed by atoms with Crippen LogP contribution < -0.4 is 0 Å². The number of hydrogen-bond donors (Lipinski definition) is 1. The zero-order valence-electron chi connectivity index (χ0n) is 12.9. The summed E-state index contributed by atoms with van der Waals surface area (Å²) in [5.41, 5.74) is 2.45. The average Bonchev–Trinajstić information content (AvgIpc) is 2.55. The van der Waals surface area contributed by atoms with Crippen molar-refractivity contribution < 1.29 is 9.90 Å². The van der Waals surface area contributed by atoms with Crippen molar-refractivity contribution >= 4 is 17.9 Å². The maximum absolute atomic E-state index is 10.9. The van der Waals surface area contributed by atoms with Crippen LogP contribution >= 0.6 is 0 Å². The Hall–Kier alpha value is -2.42. The first-order valence-corrected chi connectivity index (χ1v) is 7.48. The van der Waals surface area contributed by atoms with Gasteiger partial charge in [-0.25, -0.2) is 4.79 Å². The van der Waals surface area contributed by atoms with E-state index in [9.17, 15) is 4.79 Å². The SMILES string of the molecule is CC(CC=Nc1ccccc1)C(C)c1ccc(C(=O)O)cc1. The minimum absolute atomic E-state index is 0.328. The van der Waals surface area contributed by atoms with Crippen LogP contribution in [-0.2, 0) is 0 Å². The third-order valence-electron chi connectivity index (χ3n) is 4.01. The molecule has 0 saturated heterocycles. The molecule has 22 heavy (non-hydrogen) atoms. The summed E-state index contributed by atoms with van der Waals surface area (Å²) in [6, 6.07) is 17.0. The molecule has 0 saturated carbocycles. The van der Waals surface area contributed by atoms with Gasteiger partial charge in [-0.15, -0.1) is 0 Å². The van der Waals surface area contributed by atoms with Gasteiger partial charge in [0, 0.05) is 6.21 Å². The largest absolute Gasteiger partial charge is 0.478 e. The molecule has 0 amide bonds. The van der Waals surface area contributed by atoms with Gasteiger partial charge in [-0.2, -0.15) is 0 Å². The minimum atomic E-state index is -0.887. The highest BCUT2D eigenvalue weighted by Crippen LogP contribution is 2.26. The van der Waals surface area contributed by atoms with E-state index in [1.165, 1.54) is 0 Å². The molecule has 2 aromatic carbocycles. The summed E-state index contributed by atoms with van der Waals surface area (Å²) in [4.78, 5) is 15.3. The molecule has 0 aliphatic heterocycles. The van der Waals surface area contributed by atoms with Gasteiger partial charge in [0.2, 0.25) is 0 Å². The number of aliphatic imine (C=N–C) groups is 1. The highest BCUT2D eigenvalue weighted by Gasteiger charge is 2.14. The molecule has 3 nitrogen and oxygen atoms in total. The monoisotopic (exact) mass is 295 g/mol. The number of rotatable bonds is 6. The Labute approximate surface area is 131 Å². The third-order valence-corrected chi connectivity index (χ3v) is 4.01. The van der Waals surface area contributed by atoms with Crippen LogP contribution in [0.25, 0.3) is 0 Å². The van der Waals surface area contributed by atoms with E-state index in [1.807, 2.05) is 48.7 Å². The fourth-order valence-corrected chi connectivity index (χ4v) is 2.30. The van der Waals surface area contributed by atoms with Crippen molar-refractivity contribution in [3.63, 3.8) is 0 Å².